The van der Waals surface area contributed by atoms with Crippen LogP contribution in [0.4, 0.5) is 0 Å². The van der Waals surface area contributed by atoms with E-state index < -0.39 is 0 Å². The molecule has 0 aliphatic heterocycles. The van der Waals surface area contributed by atoms with Gasteiger partial charge in [-0.15, -0.1) is 22.7 Å². The molecule has 1 amide bonds. The standard InChI is InChI=1S/C19H17N5OS2/c1-13-23-16(11-26-13)17-4-3-15(27-17)6-7-21-19(25)14-2-5-18(22-10-14)24-9-8-20-12-24/h2-5,8-12H,6-7H2,1H3,(H,21,25). The number of carbonyl (C=O) groups is 1. The van der Waals surface area contributed by atoms with Crippen molar-refractivity contribution in [3.05, 3.63) is 70.0 Å². The average molecular weight is 396 g/mol. The van der Waals surface area contributed by atoms with E-state index in [0.29, 0.717) is 12.1 Å². The highest BCUT2D eigenvalue weighted by atomic mass is 32.1. The molecule has 27 heavy (non-hydrogen) atoms. The second kappa shape index (κ2) is 7.81. The molecule has 0 saturated carbocycles. The van der Waals surface area contributed by atoms with Gasteiger partial charge in [-0.3, -0.25) is 9.36 Å². The van der Waals surface area contributed by atoms with E-state index >= 15 is 0 Å². The summed E-state index contributed by atoms with van der Waals surface area (Å²) in [6, 6.07) is 7.76. The van der Waals surface area contributed by atoms with Gasteiger partial charge in [-0.25, -0.2) is 15.0 Å². The SMILES string of the molecule is Cc1nc(-c2ccc(CCNC(=O)c3ccc(-n4ccnc4)nc3)s2)cs1. The second-order valence-electron chi connectivity index (χ2n) is 5.90. The van der Waals surface area contributed by atoms with Crippen molar-refractivity contribution in [3.63, 3.8) is 0 Å². The molecule has 0 bridgehead atoms. The number of carbonyl (C=O) groups excluding carboxylic acids is 1. The van der Waals surface area contributed by atoms with Gasteiger partial charge >= 0.3 is 0 Å². The molecule has 0 aliphatic carbocycles. The van der Waals surface area contributed by atoms with Crippen molar-refractivity contribution < 1.29 is 4.79 Å². The number of pyridine rings is 1. The van der Waals surface area contributed by atoms with Crippen molar-refractivity contribution in [1.82, 2.24) is 24.8 Å². The number of thiazole rings is 1. The number of imidazole rings is 1. The van der Waals surface area contributed by atoms with Gasteiger partial charge < -0.3 is 5.32 Å². The molecule has 0 aliphatic rings. The lowest BCUT2D eigenvalue weighted by atomic mass is 10.2. The molecular weight excluding hydrogens is 378 g/mol. The molecule has 0 radical (unpaired) electrons. The Kier molecular flexibility index (Phi) is 5.08. The summed E-state index contributed by atoms with van der Waals surface area (Å²) in [6.07, 6.45) is 7.54. The summed E-state index contributed by atoms with van der Waals surface area (Å²) in [6.45, 7) is 2.59. The maximum Gasteiger partial charge on any atom is 0.252 e. The Labute approximate surface area is 164 Å². The Morgan fingerprint density at radius 1 is 1.26 bits per heavy atom. The molecule has 0 spiro atoms. The fourth-order valence-electron chi connectivity index (χ4n) is 2.60. The zero-order chi connectivity index (χ0) is 18.6. The van der Waals surface area contributed by atoms with Gasteiger partial charge in [-0.1, -0.05) is 0 Å². The van der Waals surface area contributed by atoms with E-state index in [-0.39, 0.29) is 5.91 Å². The number of nitrogens with one attached hydrogen (secondary N) is 1. The number of amides is 1. The molecule has 4 rings (SSSR count). The minimum Gasteiger partial charge on any atom is -0.352 e. The molecule has 1 N–H and O–H groups in total. The highest BCUT2D eigenvalue weighted by Crippen LogP contribution is 2.29. The number of hydrogen-bond donors (Lipinski definition) is 1. The Bertz CT molecular complexity index is 1030. The lowest BCUT2D eigenvalue weighted by Gasteiger charge is -2.05. The van der Waals surface area contributed by atoms with Crippen LogP contribution in [0, 0.1) is 6.92 Å². The van der Waals surface area contributed by atoms with Crippen LogP contribution in [0.15, 0.2) is 54.6 Å². The maximum absolute atomic E-state index is 12.3. The number of hydrogen-bond acceptors (Lipinski definition) is 6. The van der Waals surface area contributed by atoms with Crippen LogP contribution < -0.4 is 5.32 Å². The lowest BCUT2D eigenvalue weighted by molar-refractivity contribution is 0.0954. The van der Waals surface area contributed by atoms with E-state index in [1.54, 1.807) is 58.1 Å². The minimum atomic E-state index is -0.119. The van der Waals surface area contributed by atoms with Gasteiger partial charge in [0.25, 0.3) is 5.91 Å². The van der Waals surface area contributed by atoms with Gasteiger partial charge in [0.2, 0.25) is 0 Å². The number of thiophene rings is 1. The van der Waals surface area contributed by atoms with Crippen molar-refractivity contribution >= 4 is 28.6 Å². The molecule has 4 aromatic heterocycles. The Morgan fingerprint density at radius 3 is 2.89 bits per heavy atom. The predicted octanol–water partition coefficient (Wildman–Crippen LogP) is 3.73. The fraction of sp³-hybridized carbons (Fsp3) is 0.158. The molecule has 0 atom stereocenters. The molecule has 0 aromatic carbocycles. The van der Waals surface area contributed by atoms with Crippen LogP contribution in [0.25, 0.3) is 16.4 Å². The van der Waals surface area contributed by atoms with Gasteiger partial charge in [-0.2, -0.15) is 0 Å². The third-order valence-electron chi connectivity index (χ3n) is 3.97. The first-order valence-corrected chi connectivity index (χ1v) is 10.1. The first kappa shape index (κ1) is 17.6. The minimum absolute atomic E-state index is 0.119. The van der Waals surface area contributed by atoms with E-state index in [0.717, 1.165) is 22.9 Å². The molecule has 0 unspecified atom stereocenters. The summed E-state index contributed by atoms with van der Waals surface area (Å²) in [5.74, 6) is 0.610. The smallest absolute Gasteiger partial charge is 0.252 e. The number of nitrogens with zero attached hydrogens (tertiary/aromatic N) is 4. The van der Waals surface area contributed by atoms with E-state index in [1.807, 2.05) is 13.1 Å². The summed E-state index contributed by atoms with van der Waals surface area (Å²) >= 11 is 3.37. The van der Waals surface area contributed by atoms with Crippen LogP contribution in [-0.2, 0) is 6.42 Å². The summed E-state index contributed by atoms with van der Waals surface area (Å²) < 4.78 is 1.79. The molecule has 136 valence electrons. The summed E-state index contributed by atoms with van der Waals surface area (Å²) in [5.41, 5.74) is 1.57. The average Bonchev–Trinajstić information content (AvgIpc) is 3.43. The van der Waals surface area contributed by atoms with Gasteiger partial charge in [0, 0.05) is 35.4 Å². The third-order valence-corrected chi connectivity index (χ3v) is 5.91. The summed E-state index contributed by atoms with van der Waals surface area (Å²) in [4.78, 5) is 27.5. The monoisotopic (exact) mass is 395 g/mol. The van der Waals surface area contributed by atoms with E-state index in [4.69, 9.17) is 0 Å². The zero-order valence-corrected chi connectivity index (χ0v) is 16.3. The molecule has 6 nitrogen and oxygen atoms in total. The fourth-order valence-corrected chi connectivity index (χ4v) is 4.25. The molecule has 0 fully saturated rings. The molecular formula is C19H17N5OS2. The van der Waals surface area contributed by atoms with Crippen LogP contribution in [0.1, 0.15) is 20.2 Å². The number of rotatable bonds is 6. The number of aromatic nitrogens is 4. The number of aryl methyl sites for hydroxylation is 1. The Morgan fingerprint density at radius 2 is 2.19 bits per heavy atom. The first-order valence-electron chi connectivity index (χ1n) is 8.43. The Balaban J connectivity index is 1.31. The topological polar surface area (TPSA) is 72.7 Å². The maximum atomic E-state index is 12.3. The molecule has 0 saturated heterocycles. The highest BCUT2D eigenvalue weighted by Gasteiger charge is 2.09. The highest BCUT2D eigenvalue weighted by molar-refractivity contribution is 7.16. The summed E-state index contributed by atoms with van der Waals surface area (Å²) in [5, 5.41) is 6.10. The van der Waals surface area contributed by atoms with E-state index in [2.05, 4.69) is 37.8 Å². The van der Waals surface area contributed by atoms with Gasteiger partial charge in [0.15, 0.2) is 0 Å². The van der Waals surface area contributed by atoms with Gasteiger partial charge in [0.05, 0.1) is 21.1 Å². The summed E-state index contributed by atoms with van der Waals surface area (Å²) in [7, 11) is 0. The van der Waals surface area contributed by atoms with Crippen LogP contribution in [0.2, 0.25) is 0 Å². The van der Waals surface area contributed by atoms with Crippen molar-refractivity contribution in [2.45, 2.75) is 13.3 Å². The second-order valence-corrected chi connectivity index (χ2v) is 8.13. The Hall–Kier alpha value is -2.84. The van der Waals surface area contributed by atoms with Crippen LogP contribution in [0.5, 0.6) is 0 Å². The quantitative estimate of drug-likeness (QED) is 0.540. The molecule has 8 heteroatoms. The van der Waals surface area contributed by atoms with Gasteiger partial charge in [-0.05, 0) is 37.6 Å². The first-order chi connectivity index (χ1) is 13.2. The zero-order valence-electron chi connectivity index (χ0n) is 14.6. The van der Waals surface area contributed by atoms with Crippen LogP contribution in [0.3, 0.4) is 0 Å². The van der Waals surface area contributed by atoms with Crippen molar-refractivity contribution in [2.75, 3.05) is 6.54 Å². The third kappa shape index (κ3) is 4.12. The van der Waals surface area contributed by atoms with Crippen molar-refractivity contribution in [3.8, 4) is 16.4 Å². The van der Waals surface area contributed by atoms with Crippen molar-refractivity contribution in [2.24, 2.45) is 0 Å². The normalized spacial score (nSPS) is 10.9. The largest absolute Gasteiger partial charge is 0.352 e. The van der Waals surface area contributed by atoms with Crippen molar-refractivity contribution in [1.29, 1.82) is 0 Å². The molecule has 4 aromatic rings. The van der Waals surface area contributed by atoms with Gasteiger partial charge in [0.1, 0.15) is 12.1 Å². The van der Waals surface area contributed by atoms with E-state index in [1.165, 1.54) is 9.75 Å². The predicted molar refractivity (Wildman–Crippen MR) is 108 cm³/mol. The van der Waals surface area contributed by atoms with Crippen LogP contribution >= 0.6 is 22.7 Å². The lowest BCUT2D eigenvalue weighted by Crippen LogP contribution is -2.25. The van der Waals surface area contributed by atoms with E-state index in [9.17, 15) is 4.79 Å². The molecule has 4 heterocycles. The van der Waals surface area contributed by atoms with Crippen LogP contribution in [-0.4, -0.2) is 32.0 Å².